The summed E-state index contributed by atoms with van der Waals surface area (Å²) in [6.07, 6.45) is 1.08. The highest BCUT2D eigenvalue weighted by atomic mass is 35.5. The first kappa shape index (κ1) is 22.4. The third kappa shape index (κ3) is 5.65. The summed E-state index contributed by atoms with van der Waals surface area (Å²) in [7, 11) is -3.66. The molecule has 1 heterocycles. The molecule has 0 spiro atoms. The molecule has 0 bridgehead atoms. The standard InChI is InChI=1S/C21H26ClN3O4S/c1-16(25(30(2,27)28)20-9-5-18(22)6-10-20)21(26)23-15-17-3-7-19(8-4-17)24-11-13-29-14-12-24/h3-10,16H,11-15H2,1-2H3,(H,23,26)/t16-/m1/s1. The number of sulfonamides is 1. The summed E-state index contributed by atoms with van der Waals surface area (Å²) in [6.45, 7) is 5.04. The van der Waals surface area contributed by atoms with E-state index in [1.807, 2.05) is 24.3 Å². The molecule has 0 aromatic heterocycles. The van der Waals surface area contributed by atoms with Gasteiger partial charge in [0.2, 0.25) is 15.9 Å². The van der Waals surface area contributed by atoms with E-state index in [9.17, 15) is 13.2 Å². The minimum atomic E-state index is -3.66. The highest BCUT2D eigenvalue weighted by Gasteiger charge is 2.28. The van der Waals surface area contributed by atoms with Crippen molar-refractivity contribution in [3.8, 4) is 0 Å². The number of nitrogens with one attached hydrogen (secondary N) is 1. The van der Waals surface area contributed by atoms with Gasteiger partial charge in [0.25, 0.3) is 0 Å². The summed E-state index contributed by atoms with van der Waals surface area (Å²) < 4.78 is 31.1. The minimum absolute atomic E-state index is 0.310. The van der Waals surface area contributed by atoms with Crippen LogP contribution in [0.2, 0.25) is 5.02 Å². The van der Waals surface area contributed by atoms with E-state index in [0.717, 1.165) is 48.1 Å². The molecular formula is C21H26ClN3O4S. The second-order valence-corrected chi connectivity index (χ2v) is 9.49. The van der Waals surface area contributed by atoms with Crippen LogP contribution in [0.4, 0.5) is 11.4 Å². The number of carbonyl (C=O) groups excluding carboxylic acids is 1. The molecule has 3 rings (SSSR count). The Morgan fingerprint density at radius 2 is 1.73 bits per heavy atom. The number of ether oxygens (including phenoxy) is 1. The number of hydrogen-bond acceptors (Lipinski definition) is 5. The molecule has 30 heavy (non-hydrogen) atoms. The first-order valence-corrected chi connectivity index (χ1v) is 11.9. The van der Waals surface area contributed by atoms with E-state index in [2.05, 4.69) is 10.2 Å². The topological polar surface area (TPSA) is 79.0 Å². The number of amides is 1. The van der Waals surface area contributed by atoms with Crippen molar-refractivity contribution < 1.29 is 17.9 Å². The van der Waals surface area contributed by atoms with Crippen molar-refractivity contribution in [1.29, 1.82) is 0 Å². The van der Waals surface area contributed by atoms with Crippen LogP contribution in [0.1, 0.15) is 12.5 Å². The van der Waals surface area contributed by atoms with Gasteiger partial charge in [-0.1, -0.05) is 23.7 Å². The van der Waals surface area contributed by atoms with E-state index < -0.39 is 16.1 Å². The quantitative estimate of drug-likeness (QED) is 0.700. The molecule has 0 radical (unpaired) electrons. The van der Waals surface area contributed by atoms with E-state index in [0.29, 0.717) is 17.3 Å². The molecule has 7 nitrogen and oxygen atoms in total. The third-order valence-electron chi connectivity index (χ3n) is 4.95. The molecular weight excluding hydrogens is 426 g/mol. The zero-order chi connectivity index (χ0) is 21.7. The van der Waals surface area contributed by atoms with Crippen molar-refractivity contribution in [1.82, 2.24) is 5.32 Å². The van der Waals surface area contributed by atoms with Crippen LogP contribution >= 0.6 is 11.6 Å². The van der Waals surface area contributed by atoms with E-state index in [1.54, 1.807) is 31.2 Å². The van der Waals surface area contributed by atoms with Gasteiger partial charge in [0.1, 0.15) is 6.04 Å². The van der Waals surface area contributed by atoms with Gasteiger partial charge in [0.05, 0.1) is 25.2 Å². The lowest BCUT2D eigenvalue weighted by Gasteiger charge is -2.29. The summed E-state index contributed by atoms with van der Waals surface area (Å²) in [5.41, 5.74) is 2.44. The summed E-state index contributed by atoms with van der Waals surface area (Å²) in [5.74, 6) is -0.382. The molecule has 0 unspecified atom stereocenters. The zero-order valence-corrected chi connectivity index (χ0v) is 18.6. The fraction of sp³-hybridized carbons (Fsp3) is 0.381. The number of morpholine rings is 1. The predicted octanol–water partition coefficient (Wildman–Crippen LogP) is 2.65. The Labute approximate surface area is 182 Å². The van der Waals surface area contributed by atoms with Crippen LogP contribution in [-0.2, 0) is 26.1 Å². The van der Waals surface area contributed by atoms with Gasteiger partial charge in [-0.05, 0) is 48.9 Å². The number of hydrogen-bond donors (Lipinski definition) is 1. The predicted molar refractivity (Wildman–Crippen MR) is 120 cm³/mol. The normalized spacial score (nSPS) is 15.5. The first-order chi connectivity index (χ1) is 14.3. The molecule has 1 saturated heterocycles. The van der Waals surface area contributed by atoms with E-state index >= 15 is 0 Å². The van der Waals surface area contributed by atoms with Gasteiger partial charge in [0, 0.05) is 30.3 Å². The van der Waals surface area contributed by atoms with Crippen LogP contribution in [0.25, 0.3) is 0 Å². The highest BCUT2D eigenvalue weighted by molar-refractivity contribution is 7.92. The molecule has 1 amide bonds. The van der Waals surface area contributed by atoms with Crippen molar-refractivity contribution in [3.05, 3.63) is 59.1 Å². The lowest BCUT2D eigenvalue weighted by Crippen LogP contribution is -2.47. The van der Waals surface area contributed by atoms with Crippen molar-refractivity contribution in [2.24, 2.45) is 0 Å². The van der Waals surface area contributed by atoms with Crippen LogP contribution in [0.5, 0.6) is 0 Å². The van der Waals surface area contributed by atoms with Crippen molar-refractivity contribution in [2.75, 3.05) is 41.8 Å². The average molecular weight is 452 g/mol. The molecule has 1 N–H and O–H groups in total. The monoisotopic (exact) mass is 451 g/mol. The van der Waals surface area contributed by atoms with E-state index in [-0.39, 0.29) is 5.91 Å². The van der Waals surface area contributed by atoms with Crippen LogP contribution in [0.15, 0.2) is 48.5 Å². The Kier molecular flexibility index (Phi) is 7.23. The lowest BCUT2D eigenvalue weighted by molar-refractivity contribution is -0.122. The number of nitrogens with zero attached hydrogens (tertiary/aromatic N) is 2. The Bertz CT molecular complexity index is 959. The molecule has 1 atom stereocenters. The maximum atomic E-state index is 12.7. The molecule has 1 aliphatic heterocycles. The largest absolute Gasteiger partial charge is 0.378 e. The fourth-order valence-corrected chi connectivity index (χ4v) is 4.68. The second kappa shape index (κ2) is 9.68. The van der Waals surface area contributed by atoms with E-state index in [4.69, 9.17) is 16.3 Å². The van der Waals surface area contributed by atoms with Gasteiger partial charge in [-0.25, -0.2) is 8.42 Å². The SMILES string of the molecule is C[C@H](C(=O)NCc1ccc(N2CCOCC2)cc1)N(c1ccc(Cl)cc1)S(C)(=O)=O. The van der Waals surface area contributed by atoms with Crippen LogP contribution in [0, 0.1) is 0 Å². The summed E-state index contributed by atoms with van der Waals surface area (Å²) in [6, 6.07) is 13.4. The van der Waals surface area contributed by atoms with Crippen LogP contribution in [-0.4, -0.2) is 52.9 Å². The molecule has 9 heteroatoms. The maximum absolute atomic E-state index is 12.7. The molecule has 1 fully saturated rings. The number of benzene rings is 2. The fourth-order valence-electron chi connectivity index (χ4n) is 3.38. The molecule has 162 valence electrons. The minimum Gasteiger partial charge on any atom is -0.378 e. The Morgan fingerprint density at radius 3 is 2.30 bits per heavy atom. The van der Waals surface area contributed by atoms with Crippen LogP contribution < -0.4 is 14.5 Å². The second-order valence-electron chi connectivity index (χ2n) is 7.19. The number of carbonyl (C=O) groups is 1. The molecule has 0 saturated carbocycles. The van der Waals surface area contributed by atoms with Gasteiger partial charge in [-0.2, -0.15) is 0 Å². The summed E-state index contributed by atoms with van der Waals surface area (Å²) >= 11 is 5.89. The number of anilines is 2. The van der Waals surface area contributed by atoms with Gasteiger partial charge in [-0.3, -0.25) is 9.10 Å². The summed E-state index contributed by atoms with van der Waals surface area (Å²) in [5, 5.41) is 3.32. The average Bonchev–Trinajstić information content (AvgIpc) is 2.73. The maximum Gasteiger partial charge on any atom is 0.243 e. The van der Waals surface area contributed by atoms with Gasteiger partial charge >= 0.3 is 0 Å². The molecule has 0 aliphatic carbocycles. The number of halogens is 1. The third-order valence-corrected chi connectivity index (χ3v) is 6.44. The van der Waals surface area contributed by atoms with Crippen molar-refractivity contribution >= 4 is 38.9 Å². The molecule has 2 aromatic carbocycles. The Morgan fingerprint density at radius 1 is 1.13 bits per heavy atom. The summed E-state index contributed by atoms with van der Waals surface area (Å²) in [4.78, 5) is 14.9. The lowest BCUT2D eigenvalue weighted by atomic mass is 10.1. The van der Waals surface area contributed by atoms with Crippen LogP contribution in [0.3, 0.4) is 0 Å². The smallest absolute Gasteiger partial charge is 0.243 e. The van der Waals surface area contributed by atoms with Gasteiger partial charge in [0.15, 0.2) is 0 Å². The molecule has 1 aliphatic rings. The Balaban J connectivity index is 1.64. The highest BCUT2D eigenvalue weighted by Crippen LogP contribution is 2.23. The first-order valence-electron chi connectivity index (χ1n) is 9.70. The van der Waals surface area contributed by atoms with Gasteiger partial charge in [-0.15, -0.1) is 0 Å². The van der Waals surface area contributed by atoms with E-state index in [1.165, 1.54) is 0 Å². The van der Waals surface area contributed by atoms with Crippen molar-refractivity contribution in [3.63, 3.8) is 0 Å². The Hall–Kier alpha value is -2.29. The number of rotatable bonds is 7. The van der Waals surface area contributed by atoms with Gasteiger partial charge < -0.3 is 15.0 Å². The van der Waals surface area contributed by atoms with Crippen molar-refractivity contribution in [2.45, 2.75) is 19.5 Å². The molecule has 2 aromatic rings. The zero-order valence-electron chi connectivity index (χ0n) is 17.0.